The van der Waals surface area contributed by atoms with E-state index in [1.54, 1.807) is 0 Å². The third kappa shape index (κ3) is 3.98. The zero-order valence-corrected chi connectivity index (χ0v) is 11.6. The van der Waals surface area contributed by atoms with Crippen molar-refractivity contribution < 1.29 is 9.53 Å². The maximum absolute atomic E-state index is 12.0. The fraction of sp³-hybridized carbons (Fsp3) is 0.562. The average Bonchev–Trinajstić information content (AvgIpc) is 2.45. The molecule has 0 aromatic heterocycles. The van der Waals surface area contributed by atoms with E-state index in [-0.39, 0.29) is 11.9 Å². The van der Waals surface area contributed by atoms with Crippen molar-refractivity contribution in [2.24, 2.45) is 5.92 Å². The summed E-state index contributed by atoms with van der Waals surface area (Å²) in [5, 5.41) is 0. The van der Waals surface area contributed by atoms with Crippen LogP contribution in [0.1, 0.15) is 50.5 Å². The number of carbonyl (C=O) groups is 1. The standard InChI is InChI=1S/C16H23NO2/c1-12(14-8-5-9-15(17)10-14)16(18)19-11-13-6-3-2-4-7-13/h5,8-10,12-13H,2-4,6-7,11,17H2,1H3. The lowest BCUT2D eigenvalue weighted by Crippen LogP contribution is -2.20. The zero-order valence-electron chi connectivity index (χ0n) is 11.6. The number of carbonyl (C=O) groups excluding carboxylic acids is 1. The van der Waals surface area contributed by atoms with Crippen LogP contribution in [0.5, 0.6) is 0 Å². The molecule has 3 heteroatoms. The van der Waals surface area contributed by atoms with Gasteiger partial charge in [-0.05, 0) is 43.4 Å². The van der Waals surface area contributed by atoms with Gasteiger partial charge in [-0.25, -0.2) is 0 Å². The number of nitrogen functional groups attached to an aromatic ring is 1. The molecule has 1 fully saturated rings. The van der Waals surface area contributed by atoms with Gasteiger partial charge in [0.2, 0.25) is 0 Å². The van der Waals surface area contributed by atoms with Crippen LogP contribution in [0, 0.1) is 5.92 Å². The van der Waals surface area contributed by atoms with Crippen molar-refractivity contribution in [2.45, 2.75) is 44.9 Å². The number of hydrogen-bond acceptors (Lipinski definition) is 3. The zero-order chi connectivity index (χ0) is 13.7. The molecule has 2 rings (SSSR count). The van der Waals surface area contributed by atoms with E-state index in [2.05, 4.69) is 0 Å². The number of rotatable bonds is 4. The first-order valence-electron chi connectivity index (χ1n) is 7.19. The maximum atomic E-state index is 12.0. The first-order valence-corrected chi connectivity index (χ1v) is 7.19. The van der Waals surface area contributed by atoms with Gasteiger partial charge in [0, 0.05) is 5.69 Å². The van der Waals surface area contributed by atoms with Crippen LogP contribution in [0.3, 0.4) is 0 Å². The summed E-state index contributed by atoms with van der Waals surface area (Å²) < 4.78 is 5.46. The summed E-state index contributed by atoms with van der Waals surface area (Å²) in [6.07, 6.45) is 6.25. The minimum absolute atomic E-state index is 0.142. The van der Waals surface area contributed by atoms with Crippen LogP contribution in [-0.2, 0) is 9.53 Å². The van der Waals surface area contributed by atoms with Gasteiger partial charge in [0.25, 0.3) is 0 Å². The number of ether oxygens (including phenoxy) is 1. The first kappa shape index (κ1) is 13.9. The Morgan fingerprint density at radius 1 is 1.37 bits per heavy atom. The Morgan fingerprint density at radius 2 is 2.11 bits per heavy atom. The second-order valence-electron chi connectivity index (χ2n) is 5.53. The number of nitrogens with two attached hydrogens (primary N) is 1. The molecule has 0 bridgehead atoms. The summed E-state index contributed by atoms with van der Waals surface area (Å²) in [7, 11) is 0. The molecule has 0 radical (unpaired) electrons. The van der Waals surface area contributed by atoms with E-state index in [9.17, 15) is 4.79 Å². The molecule has 1 aromatic rings. The SMILES string of the molecule is CC(C(=O)OCC1CCCCC1)c1cccc(N)c1. The van der Waals surface area contributed by atoms with E-state index in [1.165, 1.54) is 32.1 Å². The third-order valence-corrected chi connectivity index (χ3v) is 3.95. The molecule has 0 saturated heterocycles. The molecule has 3 nitrogen and oxygen atoms in total. The van der Waals surface area contributed by atoms with Crippen LogP contribution >= 0.6 is 0 Å². The van der Waals surface area contributed by atoms with E-state index in [4.69, 9.17) is 10.5 Å². The normalized spacial score (nSPS) is 17.9. The molecule has 0 amide bonds. The summed E-state index contributed by atoms with van der Waals surface area (Å²) in [5.74, 6) is 0.175. The van der Waals surface area contributed by atoms with Gasteiger partial charge >= 0.3 is 5.97 Å². The van der Waals surface area contributed by atoms with Gasteiger partial charge in [0.05, 0.1) is 12.5 Å². The molecule has 1 aliphatic rings. The second kappa shape index (κ2) is 6.60. The predicted octanol–water partition coefficient (Wildman–Crippen LogP) is 3.50. The number of benzene rings is 1. The highest BCUT2D eigenvalue weighted by molar-refractivity contribution is 5.78. The van der Waals surface area contributed by atoms with Gasteiger partial charge < -0.3 is 10.5 Å². The van der Waals surface area contributed by atoms with Crippen molar-refractivity contribution in [1.29, 1.82) is 0 Å². The number of anilines is 1. The minimum Gasteiger partial charge on any atom is -0.465 e. The Morgan fingerprint density at radius 3 is 2.79 bits per heavy atom. The highest BCUT2D eigenvalue weighted by atomic mass is 16.5. The van der Waals surface area contributed by atoms with Gasteiger partial charge in [0.15, 0.2) is 0 Å². The molecule has 1 saturated carbocycles. The fourth-order valence-corrected chi connectivity index (χ4v) is 2.64. The van der Waals surface area contributed by atoms with Crippen molar-refractivity contribution in [1.82, 2.24) is 0 Å². The van der Waals surface area contributed by atoms with Crippen molar-refractivity contribution in [3.05, 3.63) is 29.8 Å². The molecule has 0 aliphatic heterocycles. The molecule has 1 unspecified atom stereocenters. The molecule has 1 aliphatic carbocycles. The molecule has 0 heterocycles. The van der Waals surface area contributed by atoms with Gasteiger partial charge in [-0.3, -0.25) is 4.79 Å². The Hall–Kier alpha value is -1.51. The second-order valence-corrected chi connectivity index (χ2v) is 5.53. The molecular weight excluding hydrogens is 238 g/mol. The van der Waals surface area contributed by atoms with Crippen molar-refractivity contribution in [3.8, 4) is 0 Å². The summed E-state index contributed by atoms with van der Waals surface area (Å²) in [5.41, 5.74) is 7.34. The predicted molar refractivity (Wildman–Crippen MR) is 76.8 cm³/mol. The van der Waals surface area contributed by atoms with Crippen LogP contribution in [-0.4, -0.2) is 12.6 Å². The molecule has 19 heavy (non-hydrogen) atoms. The van der Waals surface area contributed by atoms with Crippen LogP contribution in [0.4, 0.5) is 5.69 Å². The quantitative estimate of drug-likeness (QED) is 0.666. The van der Waals surface area contributed by atoms with Crippen LogP contribution < -0.4 is 5.73 Å². The van der Waals surface area contributed by atoms with Gasteiger partial charge in [-0.2, -0.15) is 0 Å². The molecule has 1 aromatic carbocycles. The Labute approximate surface area is 115 Å². The van der Waals surface area contributed by atoms with Crippen LogP contribution in [0.2, 0.25) is 0 Å². The molecule has 2 N–H and O–H groups in total. The fourth-order valence-electron chi connectivity index (χ4n) is 2.64. The Kier molecular flexibility index (Phi) is 4.83. The van der Waals surface area contributed by atoms with E-state index >= 15 is 0 Å². The maximum Gasteiger partial charge on any atom is 0.313 e. The average molecular weight is 261 g/mol. The largest absolute Gasteiger partial charge is 0.465 e. The minimum atomic E-state index is -0.243. The Bertz CT molecular complexity index is 425. The van der Waals surface area contributed by atoms with Crippen LogP contribution in [0.25, 0.3) is 0 Å². The van der Waals surface area contributed by atoms with E-state index in [0.29, 0.717) is 18.2 Å². The summed E-state index contributed by atoms with van der Waals surface area (Å²) >= 11 is 0. The van der Waals surface area contributed by atoms with Crippen molar-refractivity contribution in [3.63, 3.8) is 0 Å². The number of esters is 1. The lowest BCUT2D eigenvalue weighted by atomic mass is 9.90. The lowest BCUT2D eigenvalue weighted by Gasteiger charge is -2.22. The van der Waals surface area contributed by atoms with Crippen LogP contribution in [0.15, 0.2) is 24.3 Å². The van der Waals surface area contributed by atoms with Gasteiger partial charge in [-0.15, -0.1) is 0 Å². The molecule has 1 atom stereocenters. The highest BCUT2D eigenvalue weighted by Gasteiger charge is 2.20. The third-order valence-electron chi connectivity index (χ3n) is 3.95. The summed E-state index contributed by atoms with van der Waals surface area (Å²) in [4.78, 5) is 12.0. The first-order chi connectivity index (χ1) is 9.16. The smallest absolute Gasteiger partial charge is 0.313 e. The summed E-state index contributed by atoms with van der Waals surface area (Å²) in [6.45, 7) is 2.45. The molecular formula is C16H23NO2. The van der Waals surface area contributed by atoms with Crippen molar-refractivity contribution in [2.75, 3.05) is 12.3 Å². The van der Waals surface area contributed by atoms with Crippen molar-refractivity contribution >= 4 is 11.7 Å². The molecule has 104 valence electrons. The topological polar surface area (TPSA) is 52.3 Å². The lowest BCUT2D eigenvalue weighted by molar-refractivity contribution is -0.146. The van der Waals surface area contributed by atoms with E-state index in [0.717, 1.165) is 5.56 Å². The summed E-state index contributed by atoms with van der Waals surface area (Å²) in [6, 6.07) is 7.45. The molecule has 0 spiro atoms. The van der Waals surface area contributed by atoms with E-state index < -0.39 is 0 Å². The Balaban J connectivity index is 1.85. The van der Waals surface area contributed by atoms with E-state index in [1.807, 2.05) is 31.2 Å². The number of hydrogen-bond donors (Lipinski definition) is 1. The highest BCUT2D eigenvalue weighted by Crippen LogP contribution is 2.25. The monoisotopic (exact) mass is 261 g/mol. The van der Waals surface area contributed by atoms with Gasteiger partial charge in [0.1, 0.15) is 0 Å². The van der Waals surface area contributed by atoms with Gasteiger partial charge in [-0.1, -0.05) is 31.4 Å².